The molecule has 3 nitrogen and oxygen atoms in total. The van der Waals surface area contributed by atoms with E-state index in [1.165, 1.54) is 6.42 Å². The molecule has 0 aliphatic carbocycles. The maximum absolute atomic E-state index is 11.3. The van der Waals surface area contributed by atoms with Crippen molar-refractivity contribution in [1.82, 2.24) is 10.2 Å². The van der Waals surface area contributed by atoms with E-state index in [0.717, 1.165) is 19.5 Å². The normalized spacial score (nSPS) is 36.4. The Morgan fingerprint density at radius 3 is 3.00 bits per heavy atom. The fraction of sp³-hybridized carbons (Fsp3) is 0.875. The summed E-state index contributed by atoms with van der Waals surface area (Å²) < 4.78 is 0. The second-order valence-corrected chi connectivity index (χ2v) is 4.81. The molecule has 0 radical (unpaired) electrons. The number of carbonyl (C=O) groups is 1. The van der Waals surface area contributed by atoms with Gasteiger partial charge < -0.3 is 10.2 Å². The van der Waals surface area contributed by atoms with Crippen molar-refractivity contribution in [2.24, 2.45) is 0 Å². The molecule has 0 aromatic rings. The predicted molar refractivity (Wildman–Crippen MR) is 50.1 cm³/mol. The Hall–Kier alpha value is -0.220. The maximum Gasteiger partial charge on any atom is 0.233 e. The number of likely N-dealkylation sites (N-methyl/N-ethyl adjacent to an activating group) is 1. The topological polar surface area (TPSA) is 32.3 Å². The molecule has 1 spiro atoms. The maximum atomic E-state index is 11.3. The Balaban J connectivity index is 2.14. The standard InChI is InChI=1S/C8H14N2OS/c1-10-7(11)5-12-8(10)3-2-4-9-6-8/h9H,2-6H2,1H3/t8-/m0/s1. The predicted octanol–water partition coefficient (Wildman–Crippen LogP) is 0.271. The second-order valence-electron chi connectivity index (χ2n) is 3.47. The summed E-state index contributed by atoms with van der Waals surface area (Å²) in [5.74, 6) is 0.946. The molecule has 0 aromatic heterocycles. The van der Waals surface area contributed by atoms with Crippen LogP contribution in [-0.4, -0.2) is 41.6 Å². The van der Waals surface area contributed by atoms with E-state index in [1.54, 1.807) is 11.8 Å². The van der Waals surface area contributed by atoms with Gasteiger partial charge >= 0.3 is 0 Å². The fourth-order valence-electron chi connectivity index (χ4n) is 1.89. The molecule has 2 fully saturated rings. The zero-order valence-corrected chi connectivity index (χ0v) is 8.12. The van der Waals surface area contributed by atoms with Gasteiger partial charge in [-0.1, -0.05) is 0 Å². The monoisotopic (exact) mass is 186 g/mol. The van der Waals surface area contributed by atoms with Gasteiger partial charge in [-0.25, -0.2) is 0 Å². The second kappa shape index (κ2) is 2.92. The number of piperidine rings is 1. The highest BCUT2D eigenvalue weighted by Crippen LogP contribution is 2.39. The molecule has 0 saturated carbocycles. The van der Waals surface area contributed by atoms with E-state index < -0.39 is 0 Å². The minimum absolute atomic E-state index is 0.0926. The summed E-state index contributed by atoms with van der Waals surface area (Å²) >= 11 is 1.80. The molecule has 2 aliphatic rings. The van der Waals surface area contributed by atoms with Crippen LogP contribution in [0.25, 0.3) is 0 Å². The van der Waals surface area contributed by atoms with Gasteiger partial charge in [0.1, 0.15) is 4.87 Å². The highest BCUT2D eigenvalue weighted by molar-refractivity contribution is 8.01. The van der Waals surface area contributed by atoms with Gasteiger partial charge in [0.05, 0.1) is 5.75 Å². The minimum Gasteiger partial charge on any atom is -0.329 e. The van der Waals surface area contributed by atoms with Crippen LogP contribution < -0.4 is 5.32 Å². The Labute approximate surface area is 76.9 Å². The van der Waals surface area contributed by atoms with Crippen molar-refractivity contribution in [1.29, 1.82) is 0 Å². The SMILES string of the molecule is CN1C(=O)CS[C@]12CCCNC2. The van der Waals surface area contributed by atoms with Crippen molar-refractivity contribution in [3.63, 3.8) is 0 Å². The lowest BCUT2D eigenvalue weighted by molar-refractivity contribution is -0.128. The van der Waals surface area contributed by atoms with Crippen molar-refractivity contribution in [3.05, 3.63) is 0 Å². The van der Waals surface area contributed by atoms with Gasteiger partial charge in [-0.15, -0.1) is 11.8 Å². The van der Waals surface area contributed by atoms with Gasteiger partial charge in [0.15, 0.2) is 0 Å². The minimum atomic E-state index is 0.0926. The highest BCUT2D eigenvalue weighted by atomic mass is 32.2. The van der Waals surface area contributed by atoms with E-state index in [9.17, 15) is 4.79 Å². The number of amides is 1. The first kappa shape index (κ1) is 8.38. The fourth-order valence-corrected chi connectivity index (χ4v) is 3.26. The third kappa shape index (κ3) is 1.13. The van der Waals surface area contributed by atoms with E-state index in [1.807, 2.05) is 11.9 Å². The molecule has 2 saturated heterocycles. The van der Waals surface area contributed by atoms with E-state index in [0.29, 0.717) is 5.75 Å². The van der Waals surface area contributed by atoms with Crippen LogP contribution in [0.2, 0.25) is 0 Å². The van der Waals surface area contributed by atoms with E-state index >= 15 is 0 Å². The van der Waals surface area contributed by atoms with Crippen LogP contribution in [0.4, 0.5) is 0 Å². The molecule has 2 heterocycles. The van der Waals surface area contributed by atoms with E-state index in [2.05, 4.69) is 5.32 Å². The molecule has 0 unspecified atom stereocenters. The molecular weight excluding hydrogens is 172 g/mol. The van der Waals surface area contributed by atoms with Gasteiger partial charge in [0, 0.05) is 13.6 Å². The summed E-state index contributed by atoms with van der Waals surface area (Å²) in [7, 11) is 1.93. The Kier molecular flexibility index (Phi) is 2.04. The van der Waals surface area contributed by atoms with E-state index in [-0.39, 0.29) is 10.8 Å². The number of hydrogen-bond donors (Lipinski definition) is 1. The van der Waals surface area contributed by atoms with Crippen molar-refractivity contribution in [2.75, 3.05) is 25.9 Å². The largest absolute Gasteiger partial charge is 0.329 e. The van der Waals surface area contributed by atoms with Gasteiger partial charge in [0.25, 0.3) is 0 Å². The van der Waals surface area contributed by atoms with Crippen molar-refractivity contribution in [3.8, 4) is 0 Å². The van der Waals surface area contributed by atoms with Crippen molar-refractivity contribution in [2.45, 2.75) is 17.7 Å². The molecule has 0 bridgehead atoms. The summed E-state index contributed by atoms with van der Waals surface area (Å²) in [4.78, 5) is 13.3. The molecule has 0 aromatic carbocycles. The quantitative estimate of drug-likeness (QED) is 0.589. The van der Waals surface area contributed by atoms with Gasteiger partial charge in [0.2, 0.25) is 5.91 Å². The van der Waals surface area contributed by atoms with E-state index in [4.69, 9.17) is 0 Å². The lowest BCUT2D eigenvalue weighted by Crippen LogP contribution is -2.52. The van der Waals surface area contributed by atoms with Crippen LogP contribution in [0.5, 0.6) is 0 Å². The molecule has 68 valence electrons. The van der Waals surface area contributed by atoms with Crippen LogP contribution in [0.1, 0.15) is 12.8 Å². The van der Waals surface area contributed by atoms with Gasteiger partial charge in [-0.05, 0) is 19.4 Å². The van der Waals surface area contributed by atoms with Crippen molar-refractivity contribution >= 4 is 17.7 Å². The number of nitrogens with one attached hydrogen (secondary N) is 1. The van der Waals surface area contributed by atoms with Crippen LogP contribution in [0.15, 0.2) is 0 Å². The van der Waals surface area contributed by atoms with Gasteiger partial charge in [-0.2, -0.15) is 0 Å². The van der Waals surface area contributed by atoms with Crippen LogP contribution in [0.3, 0.4) is 0 Å². The number of nitrogens with zero attached hydrogens (tertiary/aromatic N) is 1. The average Bonchev–Trinajstić information content (AvgIpc) is 2.37. The molecule has 2 aliphatic heterocycles. The number of carbonyl (C=O) groups excluding carboxylic acids is 1. The number of thioether (sulfide) groups is 1. The Morgan fingerprint density at radius 1 is 1.67 bits per heavy atom. The van der Waals surface area contributed by atoms with Crippen LogP contribution in [0, 0.1) is 0 Å². The molecule has 1 amide bonds. The molecule has 2 rings (SSSR count). The van der Waals surface area contributed by atoms with Crippen molar-refractivity contribution < 1.29 is 4.79 Å². The molecule has 1 atom stereocenters. The summed E-state index contributed by atoms with van der Waals surface area (Å²) in [5.41, 5.74) is 0. The van der Waals surface area contributed by atoms with Gasteiger partial charge in [-0.3, -0.25) is 4.79 Å². The highest BCUT2D eigenvalue weighted by Gasteiger charge is 2.44. The smallest absolute Gasteiger partial charge is 0.233 e. The number of rotatable bonds is 0. The average molecular weight is 186 g/mol. The third-order valence-electron chi connectivity index (χ3n) is 2.77. The first-order chi connectivity index (χ1) is 5.75. The summed E-state index contributed by atoms with van der Waals surface area (Å²) in [6.45, 7) is 2.06. The summed E-state index contributed by atoms with van der Waals surface area (Å²) in [6, 6.07) is 0. The third-order valence-corrected chi connectivity index (χ3v) is 4.32. The first-order valence-corrected chi connectivity index (χ1v) is 5.34. The lowest BCUT2D eigenvalue weighted by Gasteiger charge is -2.38. The lowest BCUT2D eigenvalue weighted by atomic mass is 10.1. The molecular formula is C8H14N2OS. The summed E-state index contributed by atoms with van der Waals surface area (Å²) in [6.07, 6.45) is 2.33. The first-order valence-electron chi connectivity index (χ1n) is 4.36. The summed E-state index contributed by atoms with van der Waals surface area (Å²) in [5, 5.41) is 3.35. The molecule has 12 heavy (non-hydrogen) atoms. The number of hydrogen-bond acceptors (Lipinski definition) is 3. The van der Waals surface area contributed by atoms with Crippen LogP contribution >= 0.6 is 11.8 Å². The molecule has 4 heteroatoms. The zero-order valence-electron chi connectivity index (χ0n) is 7.30. The molecule has 1 N–H and O–H groups in total. The Bertz CT molecular complexity index is 201. The van der Waals surface area contributed by atoms with Crippen LogP contribution in [-0.2, 0) is 4.79 Å². The Morgan fingerprint density at radius 2 is 2.50 bits per heavy atom. The zero-order chi connectivity index (χ0) is 8.60.